The van der Waals surface area contributed by atoms with Gasteiger partial charge in [-0.1, -0.05) is 12.5 Å². The summed E-state index contributed by atoms with van der Waals surface area (Å²) >= 11 is 0. The molecule has 1 aliphatic rings. The maximum absolute atomic E-state index is 13.2. The van der Waals surface area contributed by atoms with Crippen molar-refractivity contribution >= 4 is 5.91 Å². The second-order valence-electron chi connectivity index (χ2n) is 5.36. The first-order chi connectivity index (χ1) is 9.06. The summed E-state index contributed by atoms with van der Waals surface area (Å²) in [5, 5.41) is 6.35. The van der Waals surface area contributed by atoms with Crippen LogP contribution in [0.25, 0.3) is 0 Å². The molecule has 0 aliphatic carbocycles. The van der Waals surface area contributed by atoms with Gasteiger partial charge in [-0.25, -0.2) is 4.39 Å². The van der Waals surface area contributed by atoms with Gasteiger partial charge in [-0.15, -0.1) is 0 Å². The average molecular weight is 264 g/mol. The summed E-state index contributed by atoms with van der Waals surface area (Å²) in [6, 6.07) is 5.12. The van der Waals surface area contributed by atoms with Crippen LogP contribution in [0.2, 0.25) is 0 Å². The number of piperidine rings is 1. The van der Waals surface area contributed by atoms with E-state index in [1.54, 1.807) is 6.07 Å². The highest BCUT2D eigenvalue weighted by atomic mass is 19.1. The second kappa shape index (κ2) is 6.15. The molecule has 1 aliphatic heterocycles. The van der Waals surface area contributed by atoms with Crippen LogP contribution in [0, 0.1) is 12.7 Å². The Bertz CT molecular complexity index is 461. The zero-order chi connectivity index (χ0) is 13.8. The van der Waals surface area contributed by atoms with Crippen molar-refractivity contribution in [2.75, 3.05) is 6.54 Å². The van der Waals surface area contributed by atoms with E-state index in [1.807, 2.05) is 6.92 Å². The summed E-state index contributed by atoms with van der Waals surface area (Å²) in [5.41, 5.74) is 1.22. The molecule has 1 heterocycles. The lowest BCUT2D eigenvalue weighted by atomic mass is 9.99. The Morgan fingerprint density at radius 1 is 1.47 bits per heavy atom. The van der Waals surface area contributed by atoms with E-state index in [-0.39, 0.29) is 11.7 Å². The summed E-state index contributed by atoms with van der Waals surface area (Å²) in [6.07, 6.45) is 3.45. The van der Waals surface area contributed by atoms with Crippen LogP contribution >= 0.6 is 0 Å². The van der Waals surface area contributed by atoms with Crippen molar-refractivity contribution in [2.45, 2.75) is 45.2 Å². The number of benzene rings is 1. The summed E-state index contributed by atoms with van der Waals surface area (Å²) in [7, 11) is 0. The van der Waals surface area contributed by atoms with Gasteiger partial charge >= 0.3 is 0 Å². The predicted molar refractivity (Wildman–Crippen MR) is 73.7 cm³/mol. The third kappa shape index (κ3) is 3.77. The number of aryl methyl sites for hydroxylation is 1. The van der Waals surface area contributed by atoms with Gasteiger partial charge in [-0.2, -0.15) is 0 Å². The molecule has 4 heteroatoms. The Morgan fingerprint density at radius 2 is 2.26 bits per heavy atom. The molecule has 0 aromatic heterocycles. The van der Waals surface area contributed by atoms with E-state index < -0.39 is 0 Å². The maximum atomic E-state index is 13.2. The van der Waals surface area contributed by atoms with Crippen molar-refractivity contribution in [3.63, 3.8) is 0 Å². The molecule has 104 valence electrons. The molecular formula is C15H21FN2O. The molecule has 0 radical (unpaired) electrons. The third-order valence-electron chi connectivity index (χ3n) is 3.66. The van der Waals surface area contributed by atoms with E-state index in [0.29, 0.717) is 24.2 Å². The van der Waals surface area contributed by atoms with Gasteiger partial charge in [0.05, 0.1) is 0 Å². The highest BCUT2D eigenvalue weighted by molar-refractivity contribution is 5.95. The van der Waals surface area contributed by atoms with Gasteiger partial charge in [-0.3, -0.25) is 4.79 Å². The van der Waals surface area contributed by atoms with Gasteiger partial charge in [0.15, 0.2) is 0 Å². The quantitative estimate of drug-likeness (QED) is 0.880. The normalized spacial score (nSPS) is 23.1. The Morgan fingerprint density at radius 3 is 3.00 bits per heavy atom. The van der Waals surface area contributed by atoms with E-state index in [4.69, 9.17) is 0 Å². The van der Waals surface area contributed by atoms with Gasteiger partial charge in [0.1, 0.15) is 5.82 Å². The van der Waals surface area contributed by atoms with Crippen LogP contribution in [0.15, 0.2) is 18.2 Å². The first kappa shape index (κ1) is 14.0. The number of hydrogen-bond donors (Lipinski definition) is 2. The number of carbonyl (C=O) groups is 1. The van der Waals surface area contributed by atoms with E-state index in [1.165, 1.54) is 25.0 Å². The van der Waals surface area contributed by atoms with E-state index in [2.05, 4.69) is 17.6 Å². The lowest BCUT2D eigenvalue weighted by Crippen LogP contribution is -2.47. The molecule has 1 aromatic rings. The van der Waals surface area contributed by atoms with Gasteiger partial charge in [0, 0.05) is 24.2 Å². The fourth-order valence-corrected chi connectivity index (χ4v) is 2.55. The molecule has 1 fully saturated rings. The molecule has 2 N–H and O–H groups in total. The number of amides is 1. The minimum atomic E-state index is -0.375. The predicted octanol–water partition coefficient (Wildman–Crippen LogP) is 2.39. The van der Waals surface area contributed by atoms with Crippen LogP contribution in [-0.2, 0) is 0 Å². The standard InChI is InChI=1S/C15H21FN2O/c1-10-6-7-12(16)8-14(10)15(19)17-9-13-5-3-4-11(2)18-13/h6-8,11,13,18H,3-5,9H2,1-2H3,(H,17,19). The van der Waals surface area contributed by atoms with Crippen LogP contribution in [-0.4, -0.2) is 24.5 Å². The van der Waals surface area contributed by atoms with E-state index in [0.717, 1.165) is 12.0 Å². The number of carbonyl (C=O) groups excluding carboxylic acids is 1. The minimum Gasteiger partial charge on any atom is -0.350 e. The van der Waals surface area contributed by atoms with Gasteiger partial charge in [0.25, 0.3) is 5.91 Å². The fourth-order valence-electron chi connectivity index (χ4n) is 2.55. The topological polar surface area (TPSA) is 41.1 Å². The molecule has 3 nitrogen and oxygen atoms in total. The zero-order valence-corrected chi connectivity index (χ0v) is 11.5. The SMILES string of the molecule is Cc1ccc(F)cc1C(=O)NCC1CCCC(C)N1. The molecule has 1 aromatic carbocycles. The van der Waals surface area contributed by atoms with E-state index >= 15 is 0 Å². The van der Waals surface area contributed by atoms with Crippen LogP contribution in [0.1, 0.15) is 42.1 Å². The summed E-state index contributed by atoms with van der Waals surface area (Å²) in [5.74, 6) is -0.572. The van der Waals surface area contributed by atoms with Gasteiger partial charge < -0.3 is 10.6 Å². The van der Waals surface area contributed by atoms with Crippen LogP contribution in [0.5, 0.6) is 0 Å². The van der Waals surface area contributed by atoms with Gasteiger partial charge in [0.2, 0.25) is 0 Å². The first-order valence-corrected chi connectivity index (χ1v) is 6.86. The number of halogens is 1. The van der Waals surface area contributed by atoms with Crippen LogP contribution in [0.3, 0.4) is 0 Å². The molecule has 2 rings (SSSR count). The van der Waals surface area contributed by atoms with Crippen LogP contribution in [0.4, 0.5) is 4.39 Å². The molecule has 19 heavy (non-hydrogen) atoms. The number of nitrogens with one attached hydrogen (secondary N) is 2. The molecular weight excluding hydrogens is 243 g/mol. The van der Waals surface area contributed by atoms with Gasteiger partial charge in [-0.05, 0) is 44.4 Å². The largest absolute Gasteiger partial charge is 0.350 e. The lowest BCUT2D eigenvalue weighted by molar-refractivity contribution is 0.0945. The van der Waals surface area contributed by atoms with Crippen LogP contribution < -0.4 is 10.6 Å². The second-order valence-corrected chi connectivity index (χ2v) is 5.36. The summed E-state index contributed by atoms with van der Waals surface area (Å²) in [6.45, 7) is 4.57. The smallest absolute Gasteiger partial charge is 0.251 e. The maximum Gasteiger partial charge on any atom is 0.251 e. The van der Waals surface area contributed by atoms with Crippen molar-refractivity contribution < 1.29 is 9.18 Å². The Balaban J connectivity index is 1.92. The van der Waals surface area contributed by atoms with Crippen molar-refractivity contribution in [2.24, 2.45) is 0 Å². The van der Waals surface area contributed by atoms with Crippen molar-refractivity contribution in [1.29, 1.82) is 0 Å². The fraction of sp³-hybridized carbons (Fsp3) is 0.533. The Kier molecular flexibility index (Phi) is 4.53. The molecule has 1 saturated heterocycles. The monoisotopic (exact) mass is 264 g/mol. The average Bonchev–Trinajstić information content (AvgIpc) is 2.39. The molecule has 1 amide bonds. The third-order valence-corrected chi connectivity index (χ3v) is 3.66. The molecule has 0 saturated carbocycles. The molecule has 2 atom stereocenters. The van der Waals surface area contributed by atoms with Crippen molar-refractivity contribution in [3.8, 4) is 0 Å². The Labute approximate surface area is 113 Å². The minimum absolute atomic E-state index is 0.197. The zero-order valence-electron chi connectivity index (χ0n) is 11.5. The van der Waals surface area contributed by atoms with Crippen molar-refractivity contribution in [3.05, 3.63) is 35.1 Å². The van der Waals surface area contributed by atoms with Crippen molar-refractivity contribution in [1.82, 2.24) is 10.6 Å². The molecule has 2 unspecified atom stereocenters. The number of rotatable bonds is 3. The highest BCUT2D eigenvalue weighted by Crippen LogP contribution is 2.13. The Hall–Kier alpha value is -1.42. The highest BCUT2D eigenvalue weighted by Gasteiger charge is 2.18. The molecule has 0 spiro atoms. The number of hydrogen-bond acceptors (Lipinski definition) is 2. The summed E-state index contributed by atoms with van der Waals surface area (Å²) < 4.78 is 13.2. The molecule has 0 bridgehead atoms. The lowest BCUT2D eigenvalue weighted by Gasteiger charge is -2.28. The summed E-state index contributed by atoms with van der Waals surface area (Å²) in [4.78, 5) is 12.0. The first-order valence-electron chi connectivity index (χ1n) is 6.86. The van der Waals surface area contributed by atoms with E-state index in [9.17, 15) is 9.18 Å².